The summed E-state index contributed by atoms with van der Waals surface area (Å²) in [5.41, 5.74) is 0.852. The molecular weight excluding hydrogens is 191 g/mol. The predicted molar refractivity (Wildman–Crippen MR) is 60.0 cm³/mol. The van der Waals surface area contributed by atoms with E-state index in [0.29, 0.717) is 6.04 Å². The van der Waals surface area contributed by atoms with E-state index in [9.17, 15) is 4.39 Å². The highest BCUT2D eigenvalue weighted by atomic mass is 19.1. The Morgan fingerprint density at radius 3 is 2.73 bits per heavy atom. The monoisotopic (exact) mass is 208 g/mol. The lowest BCUT2D eigenvalue weighted by Crippen LogP contribution is -2.28. The van der Waals surface area contributed by atoms with Crippen LogP contribution in [0.25, 0.3) is 0 Å². The van der Waals surface area contributed by atoms with E-state index in [1.165, 1.54) is 12.3 Å². The first-order chi connectivity index (χ1) is 7.13. The Kier molecular flexibility index (Phi) is 4.43. The molecule has 0 aliphatic heterocycles. The van der Waals surface area contributed by atoms with Crippen molar-refractivity contribution in [3.8, 4) is 0 Å². The summed E-state index contributed by atoms with van der Waals surface area (Å²) in [5.74, 6) is -0.305. The molecule has 1 heterocycles. The number of hydrogen-bond acceptors (Lipinski definition) is 2. The highest BCUT2D eigenvalue weighted by Crippen LogP contribution is 2.15. The Labute approximate surface area is 90.2 Å². The second-order valence-corrected chi connectivity index (χ2v) is 3.80. The molecule has 3 heteroatoms. The fourth-order valence-electron chi connectivity index (χ4n) is 1.44. The van der Waals surface area contributed by atoms with E-state index in [-0.39, 0.29) is 11.9 Å². The van der Waals surface area contributed by atoms with Crippen LogP contribution in [0.5, 0.6) is 0 Å². The van der Waals surface area contributed by atoms with E-state index in [1.807, 2.05) is 6.08 Å². The van der Waals surface area contributed by atoms with Crippen molar-refractivity contribution in [2.45, 2.75) is 32.4 Å². The lowest BCUT2D eigenvalue weighted by Gasteiger charge is -2.19. The predicted octanol–water partition coefficient (Wildman–Crippen LogP) is 2.84. The molecule has 0 aliphatic rings. The summed E-state index contributed by atoms with van der Waals surface area (Å²) >= 11 is 0. The molecule has 1 unspecified atom stereocenters. The number of hydrogen-bond donors (Lipinski definition) is 1. The van der Waals surface area contributed by atoms with Gasteiger partial charge in [0.15, 0.2) is 0 Å². The Morgan fingerprint density at radius 1 is 1.53 bits per heavy atom. The Bertz CT molecular complexity index is 306. The standard InChI is InChI=1S/C12H17FN2/c1-4-5-12(15-9(2)3)11-7-6-10(13)8-14-11/h4,6-9,12,15H,1,5H2,2-3H3. The molecule has 0 saturated carbocycles. The third-order valence-electron chi connectivity index (χ3n) is 2.04. The lowest BCUT2D eigenvalue weighted by molar-refractivity contribution is 0.470. The first kappa shape index (κ1) is 11.9. The molecule has 0 amide bonds. The second-order valence-electron chi connectivity index (χ2n) is 3.80. The van der Waals surface area contributed by atoms with Crippen molar-refractivity contribution in [2.75, 3.05) is 0 Å². The zero-order chi connectivity index (χ0) is 11.3. The number of nitrogens with zero attached hydrogens (tertiary/aromatic N) is 1. The van der Waals surface area contributed by atoms with Gasteiger partial charge in [0.1, 0.15) is 5.82 Å². The smallest absolute Gasteiger partial charge is 0.141 e. The van der Waals surface area contributed by atoms with Crippen molar-refractivity contribution in [3.05, 3.63) is 42.5 Å². The van der Waals surface area contributed by atoms with Gasteiger partial charge in [-0.3, -0.25) is 4.98 Å². The summed E-state index contributed by atoms with van der Waals surface area (Å²) in [5, 5.41) is 3.36. The molecule has 15 heavy (non-hydrogen) atoms. The molecular formula is C12H17FN2. The fourth-order valence-corrected chi connectivity index (χ4v) is 1.44. The van der Waals surface area contributed by atoms with E-state index < -0.39 is 0 Å². The maximum Gasteiger partial charge on any atom is 0.141 e. The molecule has 1 atom stereocenters. The van der Waals surface area contributed by atoms with Crippen molar-refractivity contribution in [2.24, 2.45) is 0 Å². The van der Waals surface area contributed by atoms with Crippen LogP contribution in [0.1, 0.15) is 32.0 Å². The summed E-state index contributed by atoms with van der Waals surface area (Å²) in [6, 6.07) is 3.61. The zero-order valence-corrected chi connectivity index (χ0v) is 9.20. The van der Waals surface area contributed by atoms with Crippen LogP contribution in [-0.4, -0.2) is 11.0 Å². The Morgan fingerprint density at radius 2 is 2.27 bits per heavy atom. The van der Waals surface area contributed by atoms with Crippen LogP contribution in [0.2, 0.25) is 0 Å². The molecule has 82 valence electrons. The molecule has 0 fully saturated rings. The van der Waals surface area contributed by atoms with Gasteiger partial charge in [0, 0.05) is 6.04 Å². The van der Waals surface area contributed by atoms with E-state index >= 15 is 0 Å². The average Bonchev–Trinajstić information content (AvgIpc) is 2.17. The van der Waals surface area contributed by atoms with Crippen LogP contribution >= 0.6 is 0 Å². The molecule has 2 nitrogen and oxygen atoms in total. The number of aromatic nitrogens is 1. The van der Waals surface area contributed by atoms with Gasteiger partial charge in [-0.25, -0.2) is 4.39 Å². The van der Waals surface area contributed by atoms with Crippen molar-refractivity contribution < 1.29 is 4.39 Å². The van der Waals surface area contributed by atoms with Crippen LogP contribution < -0.4 is 5.32 Å². The number of nitrogens with one attached hydrogen (secondary N) is 1. The van der Waals surface area contributed by atoms with Gasteiger partial charge >= 0.3 is 0 Å². The highest BCUT2D eigenvalue weighted by Gasteiger charge is 2.11. The molecule has 1 N–H and O–H groups in total. The third kappa shape index (κ3) is 3.80. The van der Waals surface area contributed by atoms with Crippen molar-refractivity contribution >= 4 is 0 Å². The summed E-state index contributed by atoms with van der Waals surface area (Å²) in [6.45, 7) is 7.85. The lowest BCUT2D eigenvalue weighted by atomic mass is 10.1. The van der Waals surface area contributed by atoms with Gasteiger partial charge in [0.05, 0.1) is 17.9 Å². The molecule has 0 spiro atoms. The number of pyridine rings is 1. The molecule has 0 bridgehead atoms. The quantitative estimate of drug-likeness (QED) is 0.753. The van der Waals surface area contributed by atoms with Gasteiger partial charge < -0.3 is 5.32 Å². The second kappa shape index (κ2) is 5.61. The van der Waals surface area contributed by atoms with Gasteiger partial charge in [-0.05, 0) is 18.6 Å². The third-order valence-corrected chi connectivity index (χ3v) is 2.04. The minimum Gasteiger partial charge on any atom is -0.306 e. The normalized spacial score (nSPS) is 12.8. The van der Waals surface area contributed by atoms with Gasteiger partial charge in [0.25, 0.3) is 0 Å². The van der Waals surface area contributed by atoms with Gasteiger partial charge in [-0.2, -0.15) is 0 Å². The van der Waals surface area contributed by atoms with E-state index in [1.54, 1.807) is 6.07 Å². The van der Waals surface area contributed by atoms with E-state index in [2.05, 4.69) is 30.7 Å². The SMILES string of the molecule is C=CCC(NC(C)C)c1ccc(F)cn1. The number of rotatable bonds is 5. The van der Waals surface area contributed by atoms with Crippen LogP contribution in [0.4, 0.5) is 4.39 Å². The van der Waals surface area contributed by atoms with E-state index in [0.717, 1.165) is 12.1 Å². The van der Waals surface area contributed by atoms with Crippen LogP contribution in [0, 0.1) is 5.82 Å². The molecule has 0 aromatic carbocycles. The fraction of sp³-hybridized carbons (Fsp3) is 0.417. The zero-order valence-electron chi connectivity index (χ0n) is 9.20. The molecule has 1 aromatic heterocycles. The maximum atomic E-state index is 12.7. The molecule has 0 saturated heterocycles. The largest absolute Gasteiger partial charge is 0.306 e. The van der Waals surface area contributed by atoms with Crippen molar-refractivity contribution in [3.63, 3.8) is 0 Å². The van der Waals surface area contributed by atoms with E-state index in [4.69, 9.17) is 0 Å². The Hall–Kier alpha value is -1.22. The summed E-state index contributed by atoms with van der Waals surface area (Å²) in [6.07, 6.45) is 3.87. The molecule has 1 rings (SSSR count). The minimum absolute atomic E-state index is 0.114. The summed E-state index contributed by atoms with van der Waals surface area (Å²) in [7, 11) is 0. The summed E-state index contributed by atoms with van der Waals surface area (Å²) in [4.78, 5) is 4.06. The van der Waals surface area contributed by atoms with Crippen LogP contribution in [0.3, 0.4) is 0 Å². The Balaban J connectivity index is 2.78. The summed E-state index contributed by atoms with van der Waals surface area (Å²) < 4.78 is 12.7. The van der Waals surface area contributed by atoms with Gasteiger partial charge in [-0.1, -0.05) is 19.9 Å². The maximum absolute atomic E-state index is 12.7. The molecule has 0 radical (unpaired) electrons. The van der Waals surface area contributed by atoms with Crippen molar-refractivity contribution in [1.29, 1.82) is 0 Å². The van der Waals surface area contributed by atoms with Crippen LogP contribution in [-0.2, 0) is 0 Å². The van der Waals surface area contributed by atoms with Crippen molar-refractivity contribution in [1.82, 2.24) is 10.3 Å². The first-order valence-electron chi connectivity index (χ1n) is 5.12. The number of halogens is 1. The first-order valence-corrected chi connectivity index (χ1v) is 5.12. The average molecular weight is 208 g/mol. The van der Waals surface area contributed by atoms with Gasteiger partial charge in [0.2, 0.25) is 0 Å². The van der Waals surface area contributed by atoms with Crippen LogP contribution in [0.15, 0.2) is 31.0 Å². The minimum atomic E-state index is -0.305. The topological polar surface area (TPSA) is 24.9 Å². The highest BCUT2D eigenvalue weighted by molar-refractivity contribution is 5.11. The van der Waals surface area contributed by atoms with Gasteiger partial charge in [-0.15, -0.1) is 6.58 Å². The molecule has 1 aromatic rings. The molecule has 0 aliphatic carbocycles.